The van der Waals surface area contributed by atoms with Crippen molar-refractivity contribution in [3.63, 3.8) is 0 Å². The molecule has 0 aromatic carbocycles. The third-order valence-corrected chi connectivity index (χ3v) is 2.99. The SMILES string of the molecule is CC(C)(C)C(=O)OCOC(=O)CCC(N)C(=O)OCOC(=O)C(C)(C)C. The highest BCUT2D eigenvalue weighted by molar-refractivity contribution is 5.78. The van der Waals surface area contributed by atoms with Gasteiger partial charge in [-0.05, 0) is 48.0 Å². The molecule has 0 aliphatic carbocycles. The standard InChI is InChI=1S/C17H29NO8/c1-16(2,3)14(21)25-9-23-12(19)8-7-11(18)13(20)24-10-26-15(22)17(4,5)6/h11H,7-10,18H2,1-6H3. The zero-order valence-corrected chi connectivity index (χ0v) is 16.2. The highest BCUT2D eigenvalue weighted by Gasteiger charge is 2.25. The van der Waals surface area contributed by atoms with Crippen LogP contribution in [0, 0.1) is 10.8 Å². The van der Waals surface area contributed by atoms with Crippen molar-refractivity contribution in [2.75, 3.05) is 13.6 Å². The van der Waals surface area contributed by atoms with E-state index in [2.05, 4.69) is 0 Å². The first-order valence-electron chi connectivity index (χ1n) is 8.17. The third kappa shape index (κ3) is 9.97. The minimum absolute atomic E-state index is 0.0297. The van der Waals surface area contributed by atoms with Gasteiger partial charge in [-0.2, -0.15) is 0 Å². The molecule has 0 aromatic rings. The lowest BCUT2D eigenvalue weighted by molar-refractivity contribution is -0.174. The van der Waals surface area contributed by atoms with Gasteiger partial charge in [-0.1, -0.05) is 0 Å². The summed E-state index contributed by atoms with van der Waals surface area (Å²) in [5.41, 5.74) is 4.18. The Balaban J connectivity index is 4.00. The molecule has 150 valence electrons. The molecule has 0 aliphatic heterocycles. The first kappa shape index (κ1) is 23.8. The van der Waals surface area contributed by atoms with Crippen molar-refractivity contribution in [1.82, 2.24) is 0 Å². The number of carbonyl (C=O) groups excluding carboxylic acids is 4. The van der Waals surface area contributed by atoms with Crippen molar-refractivity contribution in [1.29, 1.82) is 0 Å². The van der Waals surface area contributed by atoms with Crippen LogP contribution in [0.5, 0.6) is 0 Å². The number of rotatable bonds is 8. The zero-order valence-electron chi connectivity index (χ0n) is 16.2. The Labute approximate surface area is 153 Å². The Morgan fingerprint density at radius 3 is 1.62 bits per heavy atom. The second-order valence-electron chi connectivity index (χ2n) is 7.72. The summed E-state index contributed by atoms with van der Waals surface area (Å²) < 4.78 is 19.0. The Morgan fingerprint density at radius 1 is 0.769 bits per heavy atom. The maximum Gasteiger partial charge on any atom is 0.325 e. The molecule has 2 N–H and O–H groups in total. The fourth-order valence-corrected chi connectivity index (χ4v) is 1.29. The molecule has 0 fully saturated rings. The van der Waals surface area contributed by atoms with Crippen molar-refractivity contribution < 1.29 is 38.1 Å². The van der Waals surface area contributed by atoms with Gasteiger partial charge in [0.05, 0.1) is 10.8 Å². The summed E-state index contributed by atoms with van der Waals surface area (Å²) in [5, 5.41) is 0. The quantitative estimate of drug-likeness (QED) is 0.492. The van der Waals surface area contributed by atoms with E-state index >= 15 is 0 Å². The summed E-state index contributed by atoms with van der Waals surface area (Å²) in [5.74, 6) is -2.50. The van der Waals surface area contributed by atoms with Crippen LogP contribution in [0.3, 0.4) is 0 Å². The van der Waals surface area contributed by atoms with Gasteiger partial charge >= 0.3 is 23.9 Å². The minimum Gasteiger partial charge on any atom is -0.428 e. The van der Waals surface area contributed by atoms with Crippen molar-refractivity contribution >= 4 is 23.9 Å². The van der Waals surface area contributed by atoms with E-state index in [-0.39, 0.29) is 12.8 Å². The van der Waals surface area contributed by atoms with Crippen molar-refractivity contribution in [3.8, 4) is 0 Å². The summed E-state index contributed by atoms with van der Waals surface area (Å²) in [6.07, 6.45) is -0.191. The molecular weight excluding hydrogens is 346 g/mol. The van der Waals surface area contributed by atoms with Crippen molar-refractivity contribution in [3.05, 3.63) is 0 Å². The highest BCUT2D eigenvalue weighted by atomic mass is 16.7. The van der Waals surface area contributed by atoms with E-state index in [0.717, 1.165) is 0 Å². The van der Waals surface area contributed by atoms with E-state index in [1.807, 2.05) is 0 Å². The van der Waals surface area contributed by atoms with E-state index in [9.17, 15) is 19.2 Å². The lowest BCUT2D eigenvalue weighted by Gasteiger charge is -2.17. The molecule has 1 unspecified atom stereocenters. The van der Waals surface area contributed by atoms with Crippen molar-refractivity contribution in [2.45, 2.75) is 60.4 Å². The molecule has 9 nitrogen and oxygen atoms in total. The Kier molecular flexibility index (Phi) is 9.26. The van der Waals surface area contributed by atoms with Crippen LogP contribution in [0.25, 0.3) is 0 Å². The molecule has 0 saturated carbocycles. The molecule has 0 spiro atoms. The molecule has 0 amide bonds. The van der Waals surface area contributed by atoms with E-state index in [0.29, 0.717) is 0 Å². The van der Waals surface area contributed by atoms with Crippen LogP contribution in [0.15, 0.2) is 0 Å². The molecule has 1 atom stereocenters. The number of ether oxygens (including phenoxy) is 4. The first-order valence-corrected chi connectivity index (χ1v) is 8.17. The number of nitrogens with two attached hydrogens (primary N) is 1. The Morgan fingerprint density at radius 2 is 1.19 bits per heavy atom. The zero-order chi connectivity index (χ0) is 20.5. The number of hydrogen-bond donors (Lipinski definition) is 1. The fourth-order valence-electron chi connectivity index (χ4n) is 1.29. The third-order valence-electron chi connectivity index (χ3n) is 2.99. The second-order valence-corrected chi connectivity index (χ2v) is 7.72. The Hall–Kier alpha value is -2.16. The summed E-state index contributed by atoms with van der Waals surface area (Å²) in [4.78, 5) is 46.1. The number of carbonyl (C=O) groups is 4. The smallest absolute Gasteiger partial charge is 0.325 e. The lowest BCUT2D eigenvalue weighted by Crippen LogP contribution is -2.34. The van der Waals surface area contributed by atoms with Gasteiger partial charge in [-0.3, -0.25) is 19.2 Å². The average molecular weight is 375 g/mol. The van der Waals surface area contributed by atoms with Crippen LogP contribution in [-0.4, -0.2) is 43.5 Å². The molecule has 9 heteroatoms. The highest BCUT2D eigenvalue weighted by Crippen LogP contribution is 2.15. The van der Waals surface area contributed by atoms with Gasteiger partial charge in [0, 0.05) is 6.42 Å². The van der Waals surface area contributed by atoms with Crippen LogP contribution in [0.1, 0.15) is 54.4 Å². The van der Waals surface area contributed by atoms with Crippen LogP contribution < -0.4 is 5.73 Å². The van der Waals surface area contributed by atoms with Gasteiger partial charge in [0.1, 0.15) is 6.04 Å². The Bertz CT molecular complexity index is 516. The summed E-state index contributed by atoms with van der Waals surface area (Å²) in [6.45, 7) is 8.93. The molecule has 0 rings (SSSR count). The van der Waals surface area contributed by atoms with E-state index in [1.165, 1.54) is 0 Å². The normalized spacial score (nSPS) is 12.7. The second kappa shape index (κ2) is 10.1. The first-order chi connectivity index (χ1) is 11.7. The minimum atomic E-state index is -1.08. The number of esters is 4. The molecular formula is C17H29NO8. The molecule has 0 saturated heterocycles. The topological polar surface area (TPSA) is 131 Å². The monoisotopic (exact) mass is 375 g/mol. The van der Waals surface area contributed by atoms with Gasteiger partial charge in [0.25, 0.3) is 0 Å². The van der Waals surface area contributed by atoms with Gasteiger partial charge in [-0.15, -0.1) is 0 Å². The molecule has 0 aromatic heterocycles. The lowest BCUT2D eigenvalue weighted by atomic mass is 9.97. The van der Waals surface area contributed by atoms with E-state index < -0.39 is 54.3 Å². The van der Waals surface area contributed by atoms with Crippen LogP contribution in [0.4, 0.5) is 0 Å². The van der Waals surface area contributed by atoms with Crippen molar-refractivity contribution in [2.24, 2.45) is 16.6 Å². The van der Waals surface area contributed by atoms with Gasteiger partial charge in [-0.25, -0.2) is 0 Å². The van der Waals surface area contributed by atoms with Crippen LogP contribution >= 0.6 is 0 Å². The van der Waals surface area contributed by atoms with Gasteiger partial charge < -0.3 is 24.7 Å². The molecule has 0 aliphatic rings. The molecule has 26 heavy (non-hydrogen) atoms. The maximum atomic E-state index is 11.6. The van der Waals surface area contributed by atoms with Gasteiger partial charge in [0.2, 0.25) is 13.6 Å². The maximum absolute atomic E-state index is 11.6. The molecule has 0 heterocycles. The van der Waals surface area contributed by atoms with Crippen LogP contribution in [0.2, 0.25) is 0 Å². The summed E-state index contributed by atoms with van der Waals surface area (Å²) >= 11 is 0. The largest absolute Gasteiger partial charge is 0.428 e. The van der Waals surface area contributed by atoms with E-state index in [1.54, 1.807) is 41.5 Å². The summed E-state index contributed by atoms with van der Waals surface area (Å²) in [7, 11) is 0. The predicted octanol–water partition coefficient (Wildman–Crippen LogP) is 1.27. The average Bonchev–Trinajstić information content (AvgIpc) is 2.50. The fraction of sp³-hybridized carbons (Fsp3) is 0.765. The predicted molar refractivity (Wildman–Crippen MR) is 90.2 cm³/mol. The molecule has 0 bridgehead atoms. The summed E-state index contributed by atoms with van der Waals surface area (Å²) in [6, 6.07) is -1.08. The number of hydrogen-bond acceptors (Lipinski definition) is 9. The van der Waals surface area contributed by atoms with E-state index in [4.69, 9.17) is 24.7 Å². The van der Waals surface area contributed by atoms with Crippen LogP contribution in [-0.2, 0) is 38.1 Å². The van der Waals surface area contributed by atoms with Gasteiger partial charge in [0.15, 0.2) is 0 Å². The molecule has 0 radical (unpaired) electrons.